The van der Waals surface area contributed by atoms with Gasteiger partial charge >= 0.3 is 0 Å². The van der Waals surface area contributed by atoms with Crippen LogP contribution in [0.15, 0.2) is 52.4 Å². The number of sulfonamides is 1. The van der Waals surface area contributed by atoms with Gasteiger partial charge in [0.1, 0.15) is 0 Å². The highest BCUT2D eigenvalue weighted by Crippen LogP contribution is 2.32. The summed E-state index contributed by atoms with van der Waals surface area (Å²) in [5, 5.41) is 5.69. The molecule has 0 aliphatic heterocycles. The van der Waals surface area contributed by atoms with E-state index in [1.165, 1.54) is 30.4 Å². The van der Waals surface area contributed by atoms with Crippen molar-refractivity contribution in [2.45, 2.75) is 32.6 Å². The smallest absolute Gasteiger partial charge is 0.264 e. The molecule has 0 bridgehead atoms. The second kappa shape index (κ2) is 8.65. The molecular weight excluding hydrogens is 388 g/mol. The first-order valence-corrected chi connectivity index (χ1v) is 10.6. The molecule has 0 atom stereocenters. The number of nitrogens with one attached hydrogen (secondary N) is 2. The highest BCUT2D eigenvalue weighted by molar-refractivity contribution is 7.92. The summed E-state index contributed by atoms with van der Waals surface area (Å²) in [6.45, 7) is 7.52. The van der Waals surface area contributed by atoms with Crippen molar-refractivity contribution in [1.29, 1.82) is 0 Å². The van der Waals surface area contributed by atoms with Gasteiger partial charge < -0.3 is 10.6 Å². The maximum atomic E-state index is 13.0. The Morgan fingerprint density at radius 2 is 1.72 bits per heavy atom. The fourth-order valence-electron chi connectivity index (χ4n) is 2.51. The van der Waals surface area contributed by atoms with Crippen molar-refractivity contribution in [3.05, 3.63) is 42.5 Å². The number of benzene rings is 2. The van der Waals surface area contributed by atoms with Crippen LogP contribution in [0, 0.1) is 5.41 Å². The van der Waals surface area contributed by atoms with Crippen molar-refractivity contribution in [3.63, 3.8) is 0 Å². The van der Waals surface area contributed by atoms with Crippen LogP contribution in [0.5, 0.6) is 0 Å². The maximum absolute atomic E-state index is 13.0. The van der Waals surface area contributed by atoms with Crippen LogP contribution >= 0.6 is 0 Å². The van der Waals surface area contributed by atoms with E-state index < -0.39 is 10.0 Å². The Morgan fingerprint density at radius 1 is 1.10 bits per heavy atom. The molecule has 0 saturated heterocycles. The average Bonchev–Trinajstić information content (AvgIpc) is 2.64. The lowest BCUT2D eigenvalue weighted by Gasteiger charge is -2.21. The molecule has 2 aromatic carbocycles. The number of rotatable bonds is 6. The summed E-state index contributed by atoms with van der Waals surface area (Å²) in [5.41, 5.74) is 2.39. The van der Waals surface area contributed by atoms with Crippen molar-refractivity contribution < 1.29 is 13.2 Å². The lowest BCUT2D eigenvalue weighted by Crippen LogP contribution is -2.26. The molecule has 0 aliphatic carbocycles. The molecule has 0 aromatic heterocycles. The molecule has 2 N–H and O–H groups in total. The van der Waals surface area contributed by atoms with Crippen LogP contribution in [-0.4, -0.2) is 34.6 Å². The first-order valence-electron chi connectivity index (χ1n) is 9.17. The highest BCUT2D eigenvalue weighted by atomic mass is 32.2. The van der Waals surface area contributed by atoms with Gasteiger partial charge in [-0.3, -0.25) is 14.1 Å². The van der Waals surface area contributed by atoms with E-state index in [1.54, 1.807) is 37.4 Å². The van der Waals surface area contributed by atoms with E-state index in [9.17, 15) is 13.2 Å². The quantitative estimate of drug-likeness (QED) is 0.689. The van der Waals surface area contributed by atoms with Crippen LogP contribution in [-0.2, 0) is 14.8 Å². The number of amides is 1. The zero-order valence-corrected chi connectivity index (χ0v) is 18.5. The van der Waals surface area contributed by atoms with Gasteiger partial charge in [-0.1, -0.05) is 20.8 Å². The van der Waals surface area contributed by atoms with Gasteiger partial charge in [-0.05, 0) is 47.9 Å². The minimum absolute atomic E-state index is 0.103. The van der Waals surface area contributed by atoms with Crippen LogP contribution in [0.2, 0.25) is 0 Å². The minimum Gasteiger partial charge on any atom is -0.386 e. The van der Waals surface area contributed by atoms with E-state index in [-0.39, 0.29) is 16.2 Å². The highest BCUT2D eigenvalue weighted by Gasteiger charge is 2.22. The van der Waals surface area contributed by atoms with Gasteiger partial charge in [0.15, 0.2) is 0 Å². The molecule has 7 nitrogen and oxygen atoms in total. The Labute approximate surface area is 172 Å². The number of anilines is 3. The number of hydrogen-bond donors (Lipinski definition) is 2. The van der Waals surface area contributed by atoms with Crippen LogP contribution in [0.3, 0.4) is 0 Å². The largest absolute Gasteiger partial charge is 0.386 e. The monoisotopic (exact) mass is 416 g/mol. The predicted octanol–water partition coefficient (Wildman–Crippen LogP) is 4.26. The summed E-state index contributed by atoms with van der Waals surface area (Å²) < 4.78 is 27.3. The third kappa shape index (κ3) is 5.80. The second-order valence-corrected chi connectivity index (χ2v) is 9.72. The van der Waals surface area contributed by atoms with Crippen molar-refractivity contribution in [3.8, 4) is 0 Å². The Kier molecular flexibility index (Phi) is 6.69. The predicted molar refractivity (Wildman–Crippen MR) is 120 cm³/mol. The van der Waals surface area contributed by atoms with E-state index in [4.69, 9.17) is 0 Å². The molecule has 29 heavy (non-hydrogen) atoms. The Balaban J connectivity index is 2.38. The molecule has 156 valence electrons. The zero-order valence-electron chi connectivity index (χ0n) is 17.6. The van der Waals surface area contributed by atoms with Crippen molar-refractivity contribution in [2.24, 2.45) is 10.4 Å². The lowest BCUT2D eigenvalue weighted by atomic mass is 9.99. The van der Waals surface area contributed by atoms with Gasteiger partial charge in [0.2, 0.25) is 5.91 Å². The Bertz CT molecular complexity index is 1010. The van der Waals surface area contributed by atoms with Gasteiger partial charge in [-0.15, -0.1) is 0 Å². The molecule has 0 aliphatic rings. The zero-order chi connectivity index (χ0) is 21.8. The van der Waals surface area contributed by atoms with Gasteiger partial charge in [-0.25, -0.2) is 8.42 Å². The SMILES string of the molecule is CNc1ccc(N(C)S(=O)(=O)c2ccc(NC(C)=O)cc2)cc1N=CC(C)(C)C. The summed E-state index contributed by atoms with van der Waals surface area (Å²) in [7, 11) is -0.472. The third-order valence-electron chi connectivity index (χ3n) is 4.04. The summed E-state index contributed by atoms with van der Waals surface area (Å²) >= 11 is 0. The van der Waals surface area contributed by atoms with E-state index in [2.05, 4.69) is 15.6 Å². The second-order valence-electron chi connectivity index (χ2n) is 7.75. The molecule has 2 rings (SSSR count). The fraction of sp³-hybridized carbons (Fsp3) is 0.333. The molecule has 2 aromatic rings. The van der Waals surface area contributed by atoms with Crippen molar-refractivity contribution in [1.82, 2.24) is 0 Å². The van der Waals surface area contributed by atoms with Gasteiger partial charge in [0.05, 0.1) is 22.0 Å². The molecule has 0 unspecified atom stereocenters. The van der Waals surface area contributed by atoms with Gasteiger partial charge in [-0.2, -0.15) is 0 Å². The number of hydrogen-bond acceptors (Lipinski definition) is 5. The maximum Gasteiger partial charge on any atom is 0.264 e. The van der Waals surface area contributed by atoms with E-state index in [0.29, 0.717) is 17.1 Å². The van der Waals surface area contributed by atoms with E-state index >= 15 is 0 Å². The summed E-state index contributed by atoms with van der Waals surface area (Å²) in [6.07, 6.45) is 1.84. The molecule has 8 heteroatoms. The molecule has 0 fully saturated rings. The Morgan fingerprint density at radius 3 is 2.24 bits per heavy atom. The number of carbonyl (C=O) groups excluding carboxylic acids is 1. The molecule has 0 radical (unpaired) electrons. The van der Waals surface area contributed by atoms with Crippen LogP contribution in [0.25, 0.3) is 0 Å². The van der Waals surface area contributed by atoms with Crippen molar-refractivity contribution >= 4 is 44.9 Å². The molecule has 1 amide bonds. The molecule has 0 spiro atoms. The Hall–Kier alpha value is -2.87. The first kappa shape index (κ1) is 22.4. The standard InChI is InChI=1S/C21H28N4O3S/c1-15(26)24-16-7-10-18(11-8-16)29(27,28)25(6)17-9-12-19(22-5)20(13-17)23-14-21(2,3)4/h7-14,22H,1-6H3,(H,24,26). The lowest BCUT2D eigenvalue weighted by molar-refractivity contribution is -0.114. The third-order valence-corrected chi connectivity index (χ3v) is 5.84. The molecule has 0 heterocycles. The molecule has 0 saturated carbocycles. The van der Waals surface area contributed by atoms with E-state index in [0.717, 1.165) is 5.69 Å². The number of aliphatic imine (C=N–C) groups is 1. The number of carbonyl (C=O) groups is 1. The van der Waals surface area contributed by atoms with Gasteiger partial charge in [0.25, 0.3) is 10.0 Å². The topological polar surface area (TPSA) is 90.9 Å². The first-order chi connectivity index (χ1) is 13.4. The molecular formula is C21H28N4O3S. The average molecular weight is 417 g/mol. The van der Waals surface area contributed by atoms with Crippen LogP contribution < -0.4 is 14.9 Å². The van der Waals surface area contributed by atoms with Crippen LogP contribution in [0.4, 0.5) is 22.7 Å². The normalized spacial score (nSPS) is 12.1. The summed E-state index contributed by atoms with van der Waals surface area (Å²) in [4.78, 5) is 15.8. The minimum atomic E-state index is -3.77. The van der Waals surface area contributed by atoms with E-state index in [1.807, 2.05) is 27.0 Å². The van der Waals surface area contributed by atoms with Gasteiger partial charge in [0, 0.05) is 32.9 Å². The van der Waals surface area contributed by atoms with Crippen LogP contribution in [0.1, 0.15) is 27.7 Å². The summed E-state index contributed by atoms with van der Waals surface area (Å²) in [5.74, 6) is -0.217. The summed E-state index contributed by atoms with van der Waals surface area (Å²) in [6, 6.07) is 11.3. The fourth-order valence-corrected chi connectivity index (χ4v) is 3.70. The number of nitrogens with zero attached hydrogens (tertiary/aromatic N) is 2. The van der Waals surface area contributed by atoms with Crippen molar-refractivity contribution in [2.75, 3.05) is 29.0 Å².